The lowest BCUT2D eigenvalue weighted by molar-refractivity contribution is 0.0943. The maximum absolute atomic E-state index is 12.6. The number of nitrogens with zero attached hydrogens (tertiary/aromatic N) is 6. The smallest absolute Gasteiger partial charge is 0.274 e. The number of nitrogens with one attached hydrogen (secondary N) is 1. The summed E-state index contributed by atoms with van der Waals surface area (Å²) in [5, 5.41) is 22.7. The zero-order valence-electron chi connectivity index (χ0n) is 18.4. The molecule has 33 heavy (non-hydrogen) atoms. The number of hydrogen-bond donors (Lipinski definition) is 2. The lowest BCUT2D eigenvalue weighted by Gasteiger charge is -2.35. The average Bonchev–Trinajstić information content (AvgIpc) is 2.86. The molecule has 1 aliphatic rings. The molecule has 1 fully saturated rings. The lowest BCUT2D eigenvalue weighted by atomic mass is 10.2. The maximum atomic E-state index is 12.6. The molecule has 3 aromatic heterocycles. The largest absolute Gasteiger partial charge is 0.505 e. The highest BCUT2D eigenvalue weighted by atomic mass is 16.5. The van der Waals surface area contributed by atoms with Crippen LogP contribution in [0.15, 0.2) is 36.7 Å². The first-order chi connectivity index (χ1) is 16.1. The molecule has 3 aromatic rings. The van der Waals surface area contributed by atoms with E-state index in [4.69, 9.17) is 10.00 Å². The summed E-state index contributed by atoms with van der Waals surface area (Å²) in [5.74, 6) is 0.113. The molecule has 10 nitrogen and oxygen atoms in total. The third-order valence-electron chi connectivity index (χ3n) is 5.62. The summed E-state index contributed by atoms with van der Waals surface area (Å²) in [7, 11) is 1.71. The molecule has 4 heterocycles. The number of fused-ring (bicyclic) bond motifs is 1. The average molecular weight is 447 g/mol. The van der Waals surface area contributed by atoms with Gasteiger partial charge in [-0.15, -0.1) is 0 Å². The number of pyridine rings is 3. The Bertz CT molecular complexity index is 1170. The fraction of sp³-hybridized carbons (Fsp3) is 0.348. The second-order valence-electron chi connectivity index (χ2n) is 7.73. The number of carbonyl (C=O) groups is 1. The number of hydrogen-bond acceptors (Lipinski definition) is 9. The first-order valence-corrected chi connectivity index (χ1v) is 10.7. The van der Waals surface area contributed by atoms with E-state index in [2.05, 4.69) is 30.1 Å². The number of piperazine rings is 1. The van der Waals surface area contributed by atoms with Gasteiger partial charge < -0.3 is 20.1 Å². The number of rotatable bonds is 7. The van der Waals surface area contributed by atoms with Gasteiger partial charge in [-0.3, -0.25) is 9.69 Å². The molecule has 0 bridgehead atoms. The summed E-state index contributed by atoms with van der Waals surface area (Å²) in [6.45, 7) is 5.41. The predicted molar refractivity (Wildman–Crippen MR) is 122 cm³/mol. The topological polar surface area (TPSA) is 127 Å². The van der Waals surface area contributed by atoms with Crippen molar-refractivity contribution in [2.45, 2.75) is 6.54 Å². The second kappa shape index (κ2) is 10.2. The number of aromatic nitrogens is 3. The number of nitriles is 1. The van der Waals surface area contributed by atoms with Gasteiger partial charge >= 0.3 is 0 Å². The molecular formula is C23H25N7O3. The highest BCUT2D eigenvalue weighted by molar-refractivity contribution is 6.00. The molecule has 1 aliphatic heterocycles. The standard InChI is InChI=1S/C23H25N7O3/c1-33-11-10-29-6-8-30(9-7-29)20-5-4-18-19(28-20)15-26-21(22(18)31)23(32)27-14-16-2-3-17(12-24)25-13-16/h2-5,13,15,31H,6-11,14H2,1H3,(H,27,32). The Morgan fingerprint density at radius 2 is 2.00 bits per heavy atom. The van der Waals surface area contributed by atoms with Crippen LogP contribution in [0.25, 0.3) is 10.9 Å². The van der Waals surface area contributed by atoms with Crippen molar-refractivity contribution in [1.82, 2.24) is 25.2 Å². The van der Waals surface area contributed by atoms with Crippen LogP contribution >= 0.6 is 0 Å². The Hall–Kier alpha value is -3.81. The van der Waals surface area contributed by atoms with E-state index < -0.39 is 5.91 Å². The SMILES string of the molecule is COCCN1CCN(c2ccc3c(O)c(C(=O)NCc4ccc(C#N)nc4)ncc3n2)CC1. The summed E-state index contributed by atoms with van der Waals surface area (Å²) in [6.07, 6.45) is 3.03. The number of amides is 1. The lowest BCUT2D eigenvalue weighted by Crippen LogP contribution is -2.47. The highest BCUT2D eigenvalue weighted by Crippen LogP contribution is 2.28. The molecule has 4 rings (SSSR count). The van der Waals surface area contributed by atoms with Crippen molar-refractivity contribution < 1.29 is 14.6 Å². The molecule has 10 heteroatoms. The van der Waals surface area contributed by atoms with Crippen molar-refractivity contribution in [3.05, 3.63) is 53.6 Å². The number of ether oxygens (including phenoxy) is 1. The normalized spacial score (nSPS) is 14.2. The maximum Gasteiger partial charge on any atom is 0.274 e. The Kier molecular flexibility index (Phi) is 6.92. The third-order valence-corrected chi connectivity index (χ3v) is 5.62. The van der Waals surface area contributed by atoms with Crippen molar-refractivity contribution >= 4 is 22.6 Å². The number of aromatic hydroxyl groups is 1. The van der Waals surface area contributed by atoms with E-state index in [1.807, 2.05) is 12.1 Å². The molecule has 0 aliphatic carbocycles. The molecule has 0 saturated carbocycles. The van der Waals surface area contributed by atoms with Gasteiger partial charge in [0.25, 0.3) is 5.91 Å². The van der Waals surface area contributed by atoms with Gasteiger partial charge in [-0.25, -0.2) is 15.0 Å². The van der Waals surface area contributed by atoms with E-state index in [-0.39, 0.29) is 18.0 Å². The molecule has 0 spiro atoms. The molecule has 0 radical (unpaired) electrons. The number of methoxy groups -OCH3 is 1. The molecule has 1 saturated heterocycles. The van der Waals surface area contributed by atoms with Crippen LogP contribution in [0.3, 0.4) is 0 Å². The van der Waals surface area contributed by atoms with Gasteiger partial charge in [-0.1, -0.05) is 6.07 Å². The van der Waals surface area contributed by atoms with Crippen molar-refractivity contribution in [3.63, 3.8) is 0 Å². The summed E-state index contributed by atoms with van der Waals surface area (Å²) < 4.78 is 5.15. The van der Waals surface area contributed by atoms with Crippen LogP contribution in [0.5, 0.6) is 5.75 Å². The fourth-order valence-electron chi connectivity index (χ4n) is 3.70. The molecule has 2 N–H and O–H groups in total. The molecule has 170 valence electrons. The molecular weight excluding hydrogens is 422 g/mol. The molecule has 1 amide bonds. The second-order valence-corrected chi connectivity index (χ2v) is 7.73. The summed E-state index contributed by atoms with van der Waals surface area (Å²) in [4.78, 5) is 29.9. The van der Waals surface area contributed by atoms with Crippen molar-refractivity contribution in [3.8, 4) is 11.8 Å². The van der Waals surface area contributed by atoms with Crippen LogP contribution in [0, 0.1) is 11.3 Å². The van der Waals surface area contributed by atoms with Crippen LogP contribution in [-0.4, -0.2) is 77.3 Å². The van der Waals surface area contributed by atoms with Gasteiger partial charge in [0.15, 0.2) is 11.4 Å². The van der Waals surface area contributed by atoms with Crippen LogP contribution in [-0.2, 0) is 11.3 Å². The fourth-order valence-corrected chi connectivity index (χ4v) is 3.70. The molecule has 0 atom stereocenters. The van der Waals surface area contributed by atoms with Gasteiger partial charge in [-0.2, -0.15) is 5.26 Å². The minimum atomic E-state index is -0.505. The summed E-state index contributed by atoms with van der Waals surface area (Å²) in [6, 6.07) is 8.87. The summed E-state index contributed by atoms with van der Waals surface area (Å²) in [5.41, 5.74) is 1.50. The van der Waals surface area contributed by atoms with E-state index in [1.165, 1.54) is 12.4 Å². The zero-order valence-corrected chi connectivity index (χ0v) is 18.4. The Morgan fingerprint density at radius 3 is 2.70 bits per heavy atom. The van der Waals surface area contributed by atoms with Crippen molar-refractivity contribution in [2.24, 2.45) is 0 Å². The highest BCUT2D eigenvalue weighted by Gasteiger charge is 2.20. The molecule has 0 aromatic carbocycles. The Morgan fingerprint density at radius 1 is 1.18 bits per heavy atom. The van der Waals surface area contributed by atoms with Gasteiger partial charge in [0, 0.05) is 58.0 Å². The van der Waals surface area contributed by atoms with Gasteiger partial charge in [0.2, 0.25) is 0 Å². The van der Waals surface area contributed by atoms with E-state index >= 15 is 0 Å². The predicted octanol–water partition coefficient (Wildman–Crippen LogP) is 1.30. The van der Waals surface area contributed by atoms with Gasteiger partial charge in [-0.05, 0) is 23.8 Å². The zero-order chi connectivity index (χ0) is 23.2. The monoisotopic (exact) mass is 447 g/mol. The number of carbonyl (C=O) groups excluding carboxylic acids is 1. The Balaban J connectivity index is 1.43. The van der Waals surface area contributed by atoms with Crippen LogP contribution < -0.4 is 10.2 Å². The minimum absolute atomic E-state index is 0.0644. The van der Waals surface area contributed by atoms with Crippen LogP contribution in [0.4, 0.5) is 5.82 Å². The number of anilines is 1. The van der Waals surface area contributed by atoms with Gasteiger partial charge in [0.05, 0.1) is 18.3 Å². The molecule has 0 unspecified atom stereocenters. The van der Waals surface area contributed by atoms with Crippen LogP contribution in [0.2, 0.25) is 0 Å². The first kappa shape index (κ1) is 22.4. The van der Waals surface area contributed by atoms with E-state index in [1.54, 1.807) is 25.3 Å². The van der Waals surface area contributed by atoms with Crippen molar-refractivity contribution in [2.75, 3.05) is 51.3 Å². The van der Waals surface area contributed by atoms with E-state index in [0.29, 0.717) is 16.6 Å². The van der Waals surface area contributed by atoms with Gasteiger partial charge in [0.1, 0.15) is 17.6 Å². The Labute approximate surface area is 191 Å². The minimum Gasteiger partial charge on any atom is -0.505 e. The first-order valence-electron chi connectivity index (χ1n) is 10.7. The van der Waals surface area contributed by atoms with Crippen LogP contribution in [0.1, 0.15) is 21.7 Å². The van der Waals surface area contributed by atoms with E-state index in [0.717, 1.165) is 50.7 Å². The summed E-state index contributed by atoms with van der Waals surface area (Å²) >= 11 is 0. The van der Waals surface area contributed by atoms with E-state index in [9.17, 15) is 9.90 Å². The quantitative estimate of drug-likeness (QED) is 0.551. The van der Waals surface area contributed by atoms with Crippen molar-refractivity contribution in [1.29, 1.82) is 5.26 Å². The third kappa shape index (κ3) is 5.16.